The monoisotopic (exact) mass is 463 g/mol. The number of aromatic nitrogens is 3. The number of nitrogens with one attached hydrogen (secondary N) is 1. The number of nitrogens with zero attached hydrogens (tertiary/aromatic N) is 4. The number of carbonyl (C=O) groups is 1. The third-order valence-corrected chi connectivity index (χ3v) is 5.87. The van der Waals surface area contributed by atoms with Gasteiger partial charge in [-0.05, 0) is 43.7 Å². The molecule has 4 rings (SSSR count). The number of hydrogen-bond acceptors (Lipinski definition) is 5. The molecule has 162 valence electrons. The molecule has 2 heterocycles. The van der Waals surface area contributed by atoms with Crippen molar-refractivity contribution < 1.29 is 4.79 Å². The molecule has 0 saturated heterocycles. The van der Waals surface area contributed by atoms with E-state index in [1.807, 2.05) is 68.6 Å². The molecule has 0 spiro atoms. The summed E-state index contributed by atoms with van der Waals surface area (Å²) in [6.45, 7) is 4.53. The lowest BCUT2D eigenvalue weighted by Crippen LogP contribution is -2.19. The van der Waals surface area contributed by atoms with E-state index in [0.717, 1.165) is 38.4 Å². The molecular weight excluding hydrogens is 442 g/mol. The molecule has 4 aromatic rings. The molecule has 32 heavy (non-hydrogen) atoms. The topological polar surface area (TPSA) is 72.2 Å². The van der Waals surface area contributed by atoms with Gasteiger partial charge in [0.15, 0.2) is 5.16 Å². The summed E-state index contributed by atoms with van der Waals surface area (Å²) >= 11 is 7.29. The van der Waals surface area contributed by atoms with E-state index < -0.39 is 0 Å². The standard InChI is InChI=1S/C24H22ClN5OS/c1-16-11-17(2)28-24(27-16)32-15-23(31)29-26-12-19-14-30(22-6-4-3-5-21(19)22)13-18-7-9-20(25)10-8-18/h3-12,14H,13,15H2,1-2H3,(H,29,31)/b26-12-. The third kappa shape index (κ3) is 5.55. The van der Waals surface area contributed by atoms with Crippen molar-refractivity contribution in [3.05, 3.63) is 88.3 Å². The van der Waals surface area contributed by atoms with Crippen LogP contribution in [0.25, 0.3) is 10.9 Å². The van der Waals surface area contributed by atoms with Crippen LogP contribution in [0, 0.1) is 13.8 Å². The van der Waals surface area contributed by atoms with Crippen LogP contribution in [-0.2, 0) is 11.3 Å². The Morgan fingerprint density at radius 3 is 2.59 bits per heavy atom. The van der Waals surface area contributed by atoms with Gasteiger partial charge >= 0.3 is 0 Å². The van der Waals surface area contributed by atoms with Crippen molar-refractivity contribution in [2.75, 3.05) is 5.75 Å². The van der Waals surface area contributed by atoms with Crippen LogP contribution in [0.1, 0.15) is 22.5 Å². The number of para-hydroxylation sites is 1. The van der Waals surface area contributed by atoms with Crippen molar-refractivity contribution in [1.29, 1.82) is 0 Å². The molecule has 0 saturated carbocycles. The fourth-order valence-electron chi connectivity index (χ4n) is 3.39. The molecule has 1 N–H and O–H groups in total. The minimum absolute atomic E-state index is 0.193. The molecule has 0 aliphatic rings. The maximum absolute atomic E-state index is 12.2. The number of benzene rings is 2. The fraction of sp³-hybridized carbons (Fsp3) is 0.167. The normalized spacial score (nSPS) is 11.3. The summed E-state index contributed by atoms with van der Waals surface area (Å²) in [4.78, 5) is 20.9. The van der Waals surface area contributed by atoms with Gasteiger partial charge in [0.05, 0.1) is 12.0 Å². The average Bonchev–Trinajstić information content (AvgIpc) is 3.11. The van der Waals surface area contributed by atoms with Crippen molar-refractivity contribution in [1.82, 2.24) is 20.0 Å². The Hall–Kier alpha value is -3.16. The highest BCUT2D eigenvalue weighted by Crippen LogP contribution is 2.22. The van der Waals surface area contributed by atoms with E-state index in [-0.39, 0.29) is 11.7 Å². The van der Waals surface area contributed by atoms with Gasteiger partial charge in [-0.25, -0.2) is 15.4 Å². The van der Waals surface area contributed by atoms with Crippen molar-refractivity contribution in [2.45, 2.75) is 25.5 Å². The van der Waals surface area contributed by atoms with Gasteiger partial charge in [-0.2, -0.15) is 5.10 Å². The highest BCUT2D eigenvalue weighted by Gasteiger charge is 2.08. The summed E-state index contributed by atoms with van der Waals surface area (Å²) in [6, 6.07) is 17.8. The summed E-state index contributed by atoms with van der Waals surface area (Å²) in [7, 11) is 0. The van der Waals surface area contributed by atoms with Crippen LogP contribution >= 0.6 is 23.4 Å². The van der Waals surface area contributed by atoms with Gasteiger partial charge in [0, 0.05) is 45.6 Å². The highest BCUT2D eigenvalue weighted by molar-refractivity contribution is 7.99. The first-order chi connectivity index (χ1) is 15.5. The van der Waals surface area contributed by atoms with Crippen LogP contribution in [-0.4, -0.2) is 32.4 Å². The Bertz CT molecular complexity index is 1260. The number of amides is 1. The Morgan fingerprint density at radius 1 is 1.12 bits per heavy atom. The zero-order chi connectivity index (χ0) is 22.5. The zero-order valence-electron chi connectivity index (χ0n) is 17.7. The molecule has 8 heteroatoms. The smallest absolute Gasteiger partial charge is 0.250 e. The van der Waals surface area contributed by atoms with Crippen LogP contribution in [0.3, 0.4) is 0 Å². The van der Waals surface area contributed by atoms with E-state index in [2.05, 4.69) is 31.1 Å². The second kappa shape index (κ2) is 9.97. The first kappa shape index (κ1) is 22.0. The van der Waals surface area contributed by atoms with Crippen molar-refractivity contribution in [3.8, 4) is 0 Å². The first-order valence-electron chi connectivity index (χ1n) is 10.1. The van der Waals surface area contributed by atoms with Gasteiger partial charge < -0.3 is 4.57 Å². The molecule has 2 aromatic carbocycles. The van der Waals surface area contributed by atoms with E-state index in [1.54, 1.807) is 6.21 Å². The van der Waals surface area contributed by atoms with Crippen molar-refractivity contribution in [3.63, 3.8) is 0 Å². The van der Waals surface area contributed by atoms with Crippen molar-refractivity contribution >= 4 is 46.4 Å². The lowest BCUT2D eigenvalue weighted by molar-refractivity contribution is -0.118. The first-order valence-corrected chi connectivity index (χ1v) is 11.4. The van der Waals surface area contributed by atoms with Crippen LogP contribution in [0.4, 0.5) is 0 Å². The number of hydrazone groups is 1. The fourth-order valence-corrected chi connectivity index (χ4v) is 4.26. The molecule has 0 unspecified atom stereocenters. The molecule has 0 aliphatic heterocycles. The lowest BCUT2D eigenvalue weighted by atomic mass is 10.2. The summed E-state index contributed by atoms with van der Waals surface area (Å²) in [5, 5.41) is 6.54. The van der Waals surface area contributed by atoms with Gasteiger partial charge in [-0.3, -0.25) is 4.79 Å². The van der Waals surface area contributed by atoms with E-state index in [4.69, 9.17) is 11.6 Å². The molecule has 2 aromatic heterocycles. The summed E-state index contributed by atoms with van der Waals surface area (Å²) in [5.41, 5.74) is 7.53. The maximum Gasteiger partial charge on any atom is 0.250 e. The number of thioether (sulfide) groups is 1. The van der Waals surface area contributed by atoms with E-state index in [0.29, 0.717) is 11.7 Å². The van der Waals surface area contributed by atoms with E-state index >= 15 is 0 Å². The third-order valence-electron chi connectivity index (χ3n) is 4.77. The van der Waals surface area contributed by atoms with Gasteiger partial charge in [0.25, 0.3) is 5.91 Å². The molecule has 0 fully saturated rings. The summed E-state index contributed by atoms with van der Waals surface area (Å²) in [5.74, 6) is -0.0163. The van der Waals surface area contributed by atoms with Gasteiger partial charge in [0.2, 0.25) is 0 Å². The van der Waals surface area contributed by atoms with E-state index in [1.165, 1.54) is 11.8 Å². The largest absolute Gasteiger partial charge is 0.342 e. The van der Waals surface area contributed by atoms with Crippen LogP contribution in [0.15, 0.2) is 71.1 Å². The molecule has 1 amide bonds. The second-order valence-electron chi connectivity index (χ2n) is 7.37. The zero-order valence-corrected chi connectivity index (χ0v) is 19.3. The Morgan fingerprint density at radius 2 is 1.84 bits per heavy atom. The van der Waals surface area contributed by atoms with Crippen LogP contribution < -0.4 is 5.43 Å². The number of rotatable bonds is 7. The molecule has 6 nitrogen and oxygen atoms in total. The minimum Gasteiger partial charge on any atom is -0.342 e. The molecule has 0 bridgehead atoms. The maximum atomic E-state index is 12.2. The predicted octanol–water partition coefficient (Wildman–Crippen LogP) is 4.99. The van der Waals surface area contributed by atoms with Gasteiger partial charge in [-0.15, -0.1) is 0 Å². The Kier molecular flexibility index (Phi) is 6.87. The van der Waals surface area contributed by atoms with Gasteiger partial charge in [0.1, 0.15) is 0 Å². The number of hydrogen-bond donors (Lipinski definition) is 1. The number of fused-ring (bicyclic) bond motifs is 1. The van der Waals surface area contributed by atoms with Gasteiger partial charge in [-0.1, -0.05) is 53.7 Å². The van der Waals surface area contributed by atoms with Crippen LogP contribution in [0.2, 0.25) is 5.02 Å². The number of halogens is 1. The summed E-state index contributed by atoms with van der Waals surface area (Å²) in [6.07, 6.45) is 3.71. The average molecular weight is 464 g/mol. The Labute approximate surface area is 195 Å². The van der Waals surface area contributed by atoms with Crippen LogP contribution in [0.5, 0.6) is 0 Å². The summed E-state index contributed by atoms with van der Waals surface area (Å²) < 4.78 is 2.16. The number of carbonyl (C=O) groups excluding carboxylic acids is 1. The quantitative estimate of drug-likeness (QED) is 0.181. The minimum atomic E-state index is -0.209. The highest BCUT2D eigenvalue weighted by atomic mass is 35.5. The van der Waals surface area contributed by atoms with E-state index in [9.17, 15) is 4.79 Å². The molecule has 0 radical (unpaired) electrons. The SMILES string of the molecule is Cc1cc(C)nc(SCC(=O)N/N=C\c2cn(Cc3ccc(Cl)cc3)c3ccccc23)n1. The lowest BCUT2D eigenvalue weighted by Gasteiger charge is -2.05. The number of aryl methyl sites for hydroxylation is 2. The molecule has 0 atom stereocenters. The molecule has 0 aliphatic carbocycles. The predicted molar refractivity (Wildman–Crippen MR) is 130 cm³/mol. The second-order valence-corrected chi connectivity index (χ2v) is 8.75. The van der Waals surface area contributed by atoms with Crippen molar-refractivity contribution in [2.24, 2.45) is 5.10 Å². The Balaban J connectivity index is 1.43. The molecular formula is C24H22ClN5OS.